The molecule has 94 valence electrons. The Bertz CT molecular complexity index is 546. The van der Waals surface area contributed by atoms with Crippen LogP contribution in [0, 0.1) is 6.92 Å². The van der Waals surface area contributed by atoms with Gasteiger partial charge in [-0.25, -0.2) is 9.97 Å². The number of aromatic nitrogens is 2. The van der Waals surface area contributed by atoms with Crippen molar-refractivity contribution in [2.75, 3.05) is 11.9 Å². The number of benzene rings is 1. The topological polar surface area (TPSA) is 47.0 Å². The van der Waals surface area contributed by atoms with Crippen molar-refractivity contribution >= 4 is 21.7 Å². The Labute approximate surface area is 115 Å². The van der Waals surface area contributed by atoms with Gasteiger partial charge in [0.2, 0.25) is 5.88 Å². The van der Waals surface area contributed by atoms with E-state index in [9.17, 15) is 0 Å². The van der Waals surface area contributed by atoms with E-state index in [4.69, 9.17) is 4.74 Å². The molecule has 0 saturated heterocycles. The highest BCUT2D eigenvalue weighted by atomic mass is 79.9. The Morgan fingerprint density at radius 1 is 1.28 bits per heavy atom. The molecular formula is C13H14BrN3O. The molecule has 0 fully saturated rings. The lowest BCUT2D eigenvalue weighted by Crippen LogP contribution is -2.00. The Morgan fingerprint density at radius 3 is 2.83 bits per heavy atom. The number of aryl methyl sites for hydroxylation is 1. The van der Waals surface area contributed by atoms with Crippen LogP contribution < -0.4 is 10.1 Å². The maximum Gasteiger partial charge on any atom is 0.224 e. The first-order chi connectivity index (χ1) is 8.69. The normalized spacial score (nSPS) is 10.2. The van der Waals surface area contributed by atoms with Crippen molar-refractivity contribution in [3.63, 3.8) is 0 Å². The van der Waals surface area contributed by atoms with Gasteiger partial charge in [-0.05, 0) is 47.5 Å². The van der Waals surface area contributed by atoms with Gasteiger partial charge in [0, 0.05) is 12.6 Å². The number of anilines is 1. The fraction of sp³-hybridized carbons (Fsp3) is 0.231. The van der Waals surface area contributed by atoms with Gasteiger partial charge in [-0.3, -0.25) is 0 Å². The zero-order chi connectivity index (χ0) is 13.0. The molecule has 0 radical (unpaired) electrons. The van der Waals surface area contributed by atoms with E-state index in [0.29, 0.717) is 5.88 Å². The van der Waals surface area contributed by atoms with Crippen LogP contribution in [0.5, 0.6) is 11.6 Å². The van der Waals surface area contributed by atoms with Crippen molar-refractivity contribution in [2.24, 2.45) is 0 Å². The number of hydrogen-bond donors (Lipinski definition) is 1. The van der Waals surface area contributed by atoms with Gasteiger partial charge >= 0.3 is 0 Å². The molecular weight excluding hydrogens is 294 g/mol. The van der Waals surface area contributed by atoms with E-state index < -0.39 is 0 Å². The molecule has 5 heteroatoms. The van der Waals surface area contributed by atoms with E-state index in [1.807, 2.05) is 32.0 Å². The number of rotatable bonds is 4. The highest BCUT2D eigenvalue weighted by Crippen LogP contribution is 2.29. The summed E-state index contributed by atoms with van der Waals surface area (Å²) in [6.45, 7) is 4.85. The monoisotopic (exact) mass is 307 g/mol. The third kappa shape index (κ3) is 3.20. The van der Waals surface area contributed by atoms with Gasteiger partial charge in [0.15, 0.2) is 0 Å². The molecule has 1 N–H and O–H groups in total. The van der Waals surface area contributed by atoms with Gasteiger partial charge in [-0.2, -0.15) is 0 Å². The Balaban J connectivity index is 2.20. The third-order valence-electron chi connectivity index (χ3n) is 2.30. The minimum Gasteiger partial charge on any atom is -0.438 e. The summed E-state index contributed by atoms with van der Waals surface area (Å²) in [5, 5.41) is 3.11. The lowest BCUT2D eigenvalue weighted by atomic mass is 10.2. The summed E-state index contributed by atoms with van der Waals surface area (Å²) in [5.74, 6) is 2.01. The summed E-state index contributed by atoms with van der Waals surface area (Å²) in [7, 11) is 0. The maximum atomic E-state index is 5.71. The van der Waals surface area contributed by atoms with E-state index in [2.05, 4.69) is 31.2 Å². The summed E-state index contributed by atoms with van der Waals surface area (Å²) in [6, 6.07) is 7.68. The predicted molar refractivity (Wildman–Crippen MR) is 75.1 cm³/mol. The second-order valence-electron chi connectivity index (χ2n) is 3.81. The summed E-state index contributed by atoms with van der Waals surface area (Å²) in [6.07, 6.45) is 1.48. The molecule has 1 aromatic carbocycles. The van der Waals surface area contributed by atoms with E-state index >= 15 is 0 Å². The van der Waals surface area contributed by atoms with Crippen LogP contribution >= 0.6 is 15.9 Å². The van der Waals surface area contributed by atoms with E-state index in [1.54, 1.807) is 6.07 Å². The molecule has 0 aliphatic heterocycles. The number of ether oxygens (including phenoxy) is 1. The highest BCUT2D eigenvalue weighted by molar-refractivity contribution is 9.10. The van der Waals surface area contributed by atoms with Gasteiger partial charge in [0.1, 0.15) is 17.9 Å². The Hall–Kier alpha value is -1.62. The number of nitrogens with zero attached hydrogens (tertiary/aromatic N) is 2. The highest BCUT2D eigenvalue weighted by Gasteiger charge is 2.05. The van der Waals surface area contributed by atoms with Crippen LogP contribution in [0.2, 0.25) is 0 Å². The van der Waals surface area contributed by atoms with Gasteiger partial charge in [0.25, 0.3) is 0 Å². The first kappa shape index (κ1) is 12.8. The average Bonchev–Trinajstić information content (AvgIpc) is 2.34. The van der Waals surface area contributed by atoms with Crippen LogP contribution in [0.1, 0.15) is 12.5 Å². The van der Waals surface area contributed by atoms with E-state index in [1.165, 1.54) is 11.9 Å². The predicted octanol–water partition coefficient (Wildman–Crippen LogP) is 3.77. The SMILES string of the molecule is CCNc1cc(Oc2ccc(C)cc2Br)ncn1. The maximum absolute atomic E-state index is 5.71. The van der Waals surface area contributed by atoms with Crippen LogP contribution in [0.3, 0.4) is 0 Å². The summed E-state index contributed by atoms with van der Waals surface area (Å²) in [4.78, 5) is 8.18. The van der Waals surface area contributed by atoms with Gasteiger partial charge < -0.3 is 10.1 Å². The smallest absolute Gasteiger partial charge is 0.224 e. The molecule has 0 saturated carbocycles. The van der Waals surface area contributed by atoms with Crippen LogP contribution in [0.25, 0.3) is 0 Å². The molecule has 0 bridgehead atoms. The Kier molecular flexibility index (Phi) is 4.15. The minimum absolute atomic E-state index is 0.519. The molecule has 1 heterocycles. The minimum atomic E-state index is 0.519. The van der Waals surface area contributed by atoms with Crippen molar-refractivity contribution in [1.82, 2.24) is 9.97 Å². The van der Waals surface area contributed by atoms with Crippen molar-refractivity contribution in [3.05, 3.63) is 40.6 Å². The zero-order valence-electron chi connectivity index (χ0n) is 10.3. The Morgan fingerprint density at radius 2 is 2.11 bits per heavy atom. The largest absolute Gasteiger partial charge is 0.438 e. The molecule has 1 aromatic heterocycles. The molecule has 0 amide bonds. The zero-order valence-corrected chi connectivity index (χ0v) is 11.9. The van der Waals surface area contributed by atoms with Crippen molar-refractivity contribution in [2.45, 2.75) is 13.8 Å². The second-order valence-corrected chi connectivity index (χ2v) is 4.66. The molecule has 0 aliphatic carbocycles. The van der Waals surface area contributed by atoms with Crippen LogP contribution in [-0.4, -0.2) is 16.5 Å². The molecule has 2 rings (SSSR count). The third-order valence-corrected chi connectivity index (χ3v) is 2.92. The molecule has 2 aromatic rings. The van der Waals surface area contributed by atoms with Crippen molar-refractivity contribution in [3.8, 4) is 11.6 Å². The average molecular weight is 308 g/mol. The number of halogens is 1. The molecule has 0 atom stereocenters. The lowest BCUT2D eigenvalue weighted by Gasteiger charge is -2.08. The fourth-order valence-electron chi connectivity index (χ4n) is 1.47. The lowest BCUT2D eigenvalue weighted by molar-refractivity contribution is 0.459. The molecule has 0 aliphatic rings. The van der Waals surface area contributed by atoms with E-state index in [-0.39, 0.29) is 0 Å². The summed E-state index contributed by atoms with van der Waals surface area (Å²) >= 11 is 3.47. The molecule has 18 heavy (non-hydrogen) atoms. The van der Waals surface area contributed by atoms with Gasteiger partial charge in [0.05, 0.1) is 4.47 Å². The van der Waals surface area contributed by atoms with Crippen molar-refractivity contribution in [1.29, 1.82) is 0 Å². The summed E-state index contributed by atoms with van der Waals surface area (Å²) in [5.41, 5.74) is 1.17. The summed E-state index contributed by atoms with van der Waals surface area (Å²) < 4.78 is 6.62. The molecule has 4 nitrogen and oxygen atoms in total. The fourth-order valence-corrected chi connectivity index (χ4v) is 2.05. The molecule has 0 spiro atoms. The number of nitrogens with one attached hydrogen (secondary N) is 1. The van der Waals surface area contributed by atoms with Crippen molar-refractivity contribution < 1.29 is 4.74 Å². The second kappa shape index (κ2) is 5.82. The standard InChI is InChI=1S/C13H14BrN3O/c1-3-15-12-7-13(17-8-16-12)18-11-5-4-9(2)6-10(11)14/h4-8H,3H2,1-2H3,(H,15,16,17). The van der Waals surface area contributed by atoms with Crippen LogP contribution in [0.4, 0.5) is 5.82 Å². The van der Waals surface area contributed by atoms with Gasteiger partial charge in [-0.15, -0.1) is 0 Å². The molecule has 0 unspecified atom stereocenters. The van der Waals surface area contributed by atoms with Gasteiger partial charge in [-0.1, -0.05) is 6.07 Å². The van der Waals surface area contributed by atoms with Crippen LogP contribution in [0.15, 0.2) is 35.1 Å². The quantitative estimate of drug-likeness (QED) is 0.934. The van der Waals surface area contributed by atoms with E-state index in [0.717, 1.165) is 22.6 Å². The first-order valence-corrected chi connectivity index (χ1v) is 6.48. The number of hydrogen-bond acceptors (Lipinski definition) is 4. The first-order valence-electron chi connectivity index (χ1n) is 5.69. The van der Waals surface area contributed by atoms with Crippen LogP contribution in [-0.2, 0) is 0 Å².